The molecule has 1 aliphatic rings. The van der Waals surface area contributed by atoms with E-state index in [-0.39, 0.29) is 24.6 Å². The number of Topliss-reactive ketones (excluding diaryl/α,β-unsaturated/α-hetero) is 1. The Bertz CT molecular complexity index is 563. The minimum atomic E-state index is -0.704. The van der Waals surface area contributed by atoms with Gasteiger partial charge in [-0.15, -0.1) is 0 Å². The van der Waals surface area contributed by atoms with E-state index in [2.05, 4.69) is 0 Å². The predicted molar refractivity (Wildman–Crippen MR) is 85.7 cm³/mol. The molecule has 1 aliphatic heterocycles. The average Bonchev–Trinajstić information content (AvgIpc) is 2.53. The number of esters is 1. The van der Waals surface area contributed by atoms with Crippen LogP contribution in [0.15, 0.2) is 12.1 Å². The van der Waals surface area contributed by atoms with Gasteiger partial charge in [-0.25, -0.2) is 0 Å². The summed E-state index contributed by atoms with van der Waals surface area (Å²) in [6, 6.07) is 3.53. The van der Waals surface area contributed by atoms with Crippen molar-refractivity contribution in [2.75, 3.05) is 13.2 Å². The zero-order valence-electron chi connectivity index (χ0n) is 13.8. The average molecular weight is 320 g/mol. The number of benzene rings is 1. The van der Waals surface area contributed by atoms with Crippen molar-refractivity contribution in [3.8, 4) is 11.5 Å². The Morgan fingerprint density at radius 1 is 1.26 bits per heavy atom. The molecule has 5 nitrogen and oxygen atoms in total. The second-order valence-corrected chi connectivity index (χ2v) is 5.77. The lowest BCUT2D eigenvalue weighted by Crippen LogP contribution is -2.33. The number of carbonyl (C=O) groups is 2. The molecule has 1 atom stereocenters. The van der Waals surface area contributed by atoms with E-state index in [9.17, 15) is 14.7 Å². The van der Waals surface area contributed by atoms with Gasteiger partial charge in [0.2, 0.25) is 0 Å². The second kappa shape index (κ2) is 7.99. The van der Waals surface area contributed by atoms with Crippen molar-refractivity contribution in [1.82, 2.24) is 0 Å². The van der Waals surface area contributed by atoms with Crippen molar-refractivity contribution in [3.05, 3.63) is 23.3 Å². The molecule has 126 valence electrons. The standard InChI is InChI=1S/C18H24O5/c1-3-8-22-17-11-16(20)13(10-12(17)4-2)5-6-14-15(19)7-9-23-18(14)21/h10-11,14,20H,3-9H2,1-2H3. The van der Waals surface area contributed by atoms with Crippen molar-refractivity contribution in [2.24, 2.45) is 5.92 Å². The minimum Gasteiger partial charge on any atom is -0.508 e. The predicted octanol–water partition coefficient (Wildman–Crippen LogP) is 2.81. The van der Waals surface area contributed by atoms with Gasteiger partial charge in [0.15, 0.2) is 5.78 Å². The molecular formula is C18H24O5. The third kappa shape index (κ3) is 4.24. The number of hydrogen-bond acceptors (Lipinski definition) is 5. The van der Waals surface area contributed by atoms with E-state index in [4.69, 9.17) is 9.47 Å². The number of ether oxygens (including phenoxy) is 2. The fourth-order valence-corrected chi connectivity index (χ4v) is 2.73. The lowest BCUT2D eigenvalue weighted by Gasteiger charge is -2.20. The van der Waals surface area contributed by atoms with E-state index in [0.717, 1.165) is 24.0 Å². The molecule has 0 spiro atoms. The maximum Gasteiger partial charge on any atom is 0.316 e. The molecule has 1 heterocycles. The van der Waals surface area contributed by atoms with Crippen LogP contribution in [0, 0.1) is 5.92 Å². The highest BCUT2D eigenvalue weighted by molar-refractivity contribution is 6.00. The van der Waals surface area contributed by atoms with Crippen molar-refractivity contribution in [1.29, 1.82) is 0 Å². The van der Waals surface area contributed by atoms with Crippen LogP contribution in [-0.4, -0.2) is 30.1 Å². The van der Waals surface area contributed by atoms with Gasteiger partial charge in [0, 0.05) is 12.5 Å². The highest BCUT2D eigenvalue weighted by atomic mass is 16.5. The Morgan fingerprint density at radius 2 is 2.04 bits per heavy atom. The molecule has 0 amide bonds. The number of aromatic hydroxyl groups is 1. The Morgan fingerprint density at radius 3 is 2.70 bits per heavy atom. The number of carbonyl (C=O) groups excluding carboxylic acids is 2. The summed E-state index contributed by atoms with van der Waals surface area (Å²) >= 11 is 0. The smallest absolute Gasteiger partial charge is 0.316 e. The van der Waals surface area contributed by atoms with Crippen molar-refractivity contribution < 1.29 is 24.2 Å². The SMILES string of the molecule is CCCOc1cc(O)c(CCC2C(=O)CCOC2=O)cc1CC. The van der Waals surface area contributed by atoms with Gasteiger partial charge in [-0.3, -0.25) is 9.59 Å². The van der Waals surface area contributed by atoms with Crippen LogP contribution in [0.25, 0.3) is 0 Å². The molecule has 1 saturated heterocycles. The first kappa shape index (κ1) is 17.3. The van der Waals surface area contributed by atoms with Crippen LogP contribution in [0.5, 0.6) is 11.5 Å². The molecule has 1 aromatic carbocycles. The Balaban J connectivity index is 2.10. The molecule has 0 aromatic heterocycles. The molecule has 1 aromatic rings. The number of ketones is 1. The first-order chi connectivity index (χ1) is 11.1. The maximum absolute atomic E-state index is 11.8. The van der Waals surface area contributed by atoms with E-state index < -0.39 is 11.9 Å². The Kier molecular flexibility index (Phi) is 6.02. The molecule has 23 heavy (non-hydrogen) atoms. The fraction of sp³-hybridized carbons (Fsp3) is 0.556. The number of aryl methyl sites for hydroxylation is 2. The van der Waals surface area contributed by atoms with E-state index in [1.54, 1.807) is 6.07 Å². The van der Waals surface area contributed by atoms with Crippen molar-refractivity contribution in [3.63, 3.8) is 0 Å². The highest BCUT2D eigenvalue weighted by Gasteiger charge is 2.31. The van der Waals surface area contributed by atoms with Gasteiger partial charge in [-0.05, 0) is 42.9 Å². The van der Waals surface area contributed by atoms with E-state index >= 15 is 0 Å². The summed E-state index contributed by atoms with van der Waals surface area (Å²) < 4.78 is 10.6. The van der Waals surface area contributed by atoms with Crippen molar-refractivity contribution >= 4 is 11.8 Å². The summed E-state index contributed by atoms with van der Waals surface area (Å²) in [5.41, 5.74) is 1.75. The summed E-state index contributed by atoms with van der Waals surface area (Å²) in [7, 11) is 0. The van der Waals surface area contributed by atoms with Crippen LogP contribution in [0.1, 0.15) is 44.2 Å². The number of phenols is 1. The normalized spacial score (nSPS) is 17.9. The fourth-order valence-electron chi connectivity index (χ4n) is 2.73. The molecule has 1 fully saturated rings. The first-order valence-corrected chi connectivity index (χ1v) is 8.23. The third-order valence-electron chi connectivity index (χ3n) is 4.07. The lowest BCUT2D eigenvalue weighted by atomic mass is 9.91. The number of cyclic esters (lactones) is 1. The second-order valence-electron chi connectivity index (χ2n) is 5.77. The molecule has 0 saturated carbocycles. The molecule has 0 bridgehead atoms. The Hall–Kier alpha value is -2.04. The van der Waals surface area contributed by atoms with Gasteiger partial charge in [0.1, 0.15) is 17.4 Å². The number of rotatable bonds is 7. The zero-order chi connectivity index (χ0) is 16.8. The zero-order valence-corrected chi connectivity index (χ0v) is 13.8. The first-order valence-electron chi connectivity index (χ1n) is 8.23. The van der Waals surface area contributed by atoms with Crippen LogP contribution in [0.4, 0.5) is 0 Å². The molecular weight excluding hydrogens is 296 g/mol. The monoisotopic (exact) mass is 320 g/mol. The van der Waals surface area contributed by atoms with E-state index in [0.29, 0.717) is 25.2 Å². The van der Waals surface area contributed by atoms with Crippen LogP contribution in [0.3, 0.4) is 0 Å². The molecule has 1 unspecified atom stereocenters. The molecule has 0 radical (unpaired) electrons. The van der Waals surface area contributed by atoms with Gasteiger partial charge in [0.05, 0.1) is 13.2 Å². The topological polar surface area (TPSA) is 72.8 Å². The van der Waals surface area contributed by atoms with E-state index in [1.165, 1.54) is 0 Å². The number of phenolic OH excluding ortho intramolecular Hbond substituents is 1. The number of hydrogen-bond donors (Lipinski definition) is 1. The Labute approximate surface area is 136 Å². The van der Waals surface area contributed by atoms with E-state index in [1.807, 2.05) is 19.9 Å². The van der Waals surface area contributed by atoms with Crippen molar-refractivity contribution in [2.45, 2.75) is 46.0 Å². The van der Waals surface area contributed by atoms with Crippen LogP contribution < -0.4 is 4.74 Å². The summed E-state index contributed by atoms with van der Waals surface area (Å²) in [5.74, 6) is -0.378. The minimum absolute atomic E-state index is 0.0700. The summed E-state index contributed by atoms with van der Waals surface area (Å²) in [5, 5.41) is 10.2. The summed E-state index contributed by atoms with van der Waals surface area (Å²) in [6.45, 7) is 4.84. The molecule has 5 heteroatoms. The van der Waals surface area contributed by atoms with Crippen LogP contribution >= 0.6 is 0 Å². The highest BCUT2D eigenvalue weighted by Crippen LogP contribution is 2.31. The molecule has 0 aliphatic carbocycles. The lowest BCUT2D eigenvalue weighted by molar-refractivity contribution is -0.158. The third-order valence-corrected chi connectivity index (χ3v) is 4.07. The van der Waals surface area contributed by atoms with Gasteiger partial charge in [-0.2, -0.15) is 0 Å². The largest absolute Gasteiger partial charge is 0.508 e. The van der Waals surface area contributed by atoms with Gasteiger partial charge >= 0.3 is 5.97 Å². The summed E-state index contributed by atoms with van der Waals surface area (Å²) in [4.78, 5) is 23.5. The summed E-state index contributed by atoms with van der Waals surface area (Å²) in [6.07, 6.45) is 2.79. The maximum atomic E-state index is 11.8. The van der Waals surface area contributed by atoms with Gasteiger partial charge in [0.25, 0.3) is 0 Å². The van der Waals surface area contributed by atoms with Crippen LogP contribution in [0.2, 0.25) is 0 Å². The van der Waals surface area contributed by atoms with Gasteiger partial charge in [-0.1, -0.05) is 13.8 Å². The van der Waals surface area contributed by atoms with Crippen LogP contribution in [-0.2, 0) is 27.2 Å². The molecule has 1 N–H and O–H groups in total. The molecule has 2 rings (SSSR count). The quantitative estimate of drug-likeness (QED) is 0.618. The van der Waals surface area contributed by atoms with Gasteiger partial charge < -0.3 is 14.6 Å².